The van der Waals surface area contributed by atoms with Crippen LogP contribution in [0.4, 0.5) is 5.82 Å². The van der Waals surface area contributed by atoms with Gasteiger partial charge < -0.3 is 14.6 Å². The van der Waals surface area contributed by atoms with Crippen molar-refractivity contribution in [2.45, 2.75) is 6.42 Å². The van der Waals surface area contributed by atoms with E-state index in [2.05, 4.69) is 23.3 Å². The van der Waals surface area contributed by atoms with Crippen molar-refractivity contribution in [3.05, 3.63) is 53.6 Å². The van der Waals surface area contributed by atoms with Crippen LogP contribution in [0.15, 0.2) is 52.9 Å². The van der Waals surface area contributed by atoms with Gasteiger partial charge in [-0.15, -0.1) is 0 Å². The van der Waals surface area contributed by atoms with Crippen molar-refractivity contribution in [3.63, 3.8) is 0 Å². The molecule has 0 saturated heterocycles. The standard InChI is InChI=1S/C21H21ClN4O/c1-23-10-5-11-26(2)21-16-6-3-4-7-17(16)24-20(25-21)19-13-14-12-15(22)8-9-18(14)27-19/h3-4,6-9,12-13,23H,5,10-11H2,1-2H3. The Morgan fingerprint density at radius 2 is 1.96 bits per heavy atom. The number of furan rings is 1. The van der Waals surface area contributed by atoms with Crippen LogP contribution >= 0.6 is 11.6 Å². The van der Waals surface area contributed by atoms with Crippen LogP contribution in [0.3, 0.4) is 0 Å². The monoisotopic (exact) mass is 380 g/mol. The van der Waals surface area contributed by atoms with E-state index in [1.807, 2.05) is 49.5 Å². The Labute approximate surface area is 163 Å². The van der Waals surface area contributed by atoms with Crippen LogP contribution in [0.25, 0.3) is 33.5 Å². The quantitative estimate of drug-likeness (QED) is 0.489. The van der Waals surface area contributed by atoms with Crippen LogP contribution in [0, 0.1) is 0 Å². The van der Waals surface area contributed by atoms with E-state index in [0.717, 1.165) is 47.2 Å². The summed E-state index contributed by atoms with van der Waals surface area (Å²) >= 11 is 6.09. The summed E-state index contributed by atoms with van der Waals surface area (Å²) in [5.74, 6) is 2.13. The first-order valence-corrected chi connectivity index (χ1v) is 9.35. The van der Waals surface area contributed by atoms with Gasteiger partial charge >= 0.3 is 0 Å². The molecule has 2 aromatic carbocycles. The van der Waals surface area contributed by atoms with Crippen molar-refractivity contribution < 1.29 is 4.42 Å². The van der Waals surface area contributed by atoms with Gasteiger partial charge in [-0.05, 0) is 56.4 Å². The van der Waals surface area contributed by atoms with E-state index in [1.54, 1.807) is 0 Å². The van der Waals surface area contributed by atoms with Crippen molar-refractivity contribution in [1.82, 2.24) is 15.3 Å². The molecule has 0 bridgehead atoms. The third-order valence-corrected chi connectivity index (χ3v) is 4.80. The van der Waals surface area contributed by atoms with E-state index >= 15 is 0 Å². The number of rotatable bonds is 6. The number of aromatic nitrogens is 2. The molecule has 138 valence electrons. The molecular weight excluding hydrogens is 360 g/mol. The third-order valence-electron chi connectivity index (χ3n) is 4.56. The van der Waals surface area contributed by atoms with Crippen molar-refractivity contribution in [1.29, 1.82) is 0 Å². The van der Waals surface area contributed by atoms with Gasteiger partial charge in [0.1, 0.15) is 11.4 Å². The highest BCUT2D eigenvalue weighted by Gasteiger charge is 2.15. The number of halogens is 1. The molecule has 0 aliphatic rings. The number of hydrogen-bond acceptors (Lipinski definition) is 5. The Hall–Kier alpha value is -2.63. The minimum atomic E-state index is 0.580. The van der Waals surface area contributed by atoms with Gasteiger partial charge in [0.25, 0.3) is 0 Å². The summed E-state index contributed by atoms with van der Waals surface area (Å²) < 4.78 is 5.98. The van der Waals surface area contributed by atoms with Crippen LogP contribution in [0.5, 0.6) is 0 Å². The van der Waals surface area contributed by atoms with Crippen LogP contribution < -0.4 is 10.2 Å². The van der Waals surface area contributed by atoms with Gasteiger partial charge in [0.15, 0.2) is 11.6 Å². The number of nitrogens with zero attached hydrogens (tertiary/aromatic N) is 3. The predicted octanol–water partition coefficient (Wildman–Crippen LogP) is 4.74. The van der Waals surface area contributed by atoms with Crippen LogP contribution in [0.1, 0.15) is 6.42 Å². The largest absolute Gasteiger partial charge is 0.453 e. The lowest BCUT2D eigenvalue weighted by Gasteiger charge is -2.20. The maximum atomic E-state index is 6.09. The number of fused-ring (bicyclic) bond motifs is 2. The summed E-state index contributed by atoms with van der Waals surface area (Å²) in [6.45, 7) is 1.86. The minimum Gasteiger partial charge on any atom is -0.453 e. The van der Waals surface area contributed by atoms with E-state index < -0.39 is 0 Å². The number of nitrogens with one attached hydrogen (secondary N) is 1. The van der Waals surface area contributed by atoms with Gasteiger partial charge in [0.2, 0.25) is 0 Å². The predicted molar refractivity (Wildman–Crippen MR) is 112 cm³/mol. The fourth-order valence-corrected chi connectivity index (χ4v) is 3.36. The molecule has 0 radical (unpaired) electrons. The number of anilines is 1. The molecule has 2 aromatic heterocycles. The lowest BCUT2D eigenvalue weighted by atomic mass is 10.2. The second-order valence-corrected chi connectivity index (χ2v) is 7.00. The van der Waals surface area contributed by atoms with Gasteiger partial charge in [-0.25, -0.2) is 9.97 Å². The Kier molecular flexibility index (Phi) is 4.97. The molecule has 0 atom stereocenters. The van der Waals surface area contributed by atoms with Gasteiger partial charge in [-0.3, -0.25) is 0 Å². The molecule has 6 heteroatoms. The zero-order chi connectivity index (χ0) is 18.8. The molecule has 4 rings (SSSR count). The molecule has 0 saturated carbocycles. The Morgan fingerprint density at radius 1 is 1.11 bits per heavy atom. The molecule has 4 aromatic rings. The van der Waals surface area contributed by atoms with Crippen molar-refractivity contribution in [3.8, 4) is 11.6 Å². The number of benzene rings is 2. The zero-order valence-corrected chi connectivity index (χ0v) is 16.1. The van der Waals surface area contributed by atoms with Crippen molar-refractivity contribution in [2.75, 3.05) is 32.1 Å². The average molecular weight is 381 g/mol. The van der Waals surface area contributed by atoms with E-state index in [1.165, 1.54) is 0 Å². The second kappa shape index (κ2) is 7.55. The van der Waals surface area contributed by atoms with Gasteiger partial charge in [-0.1, -0.05) is 23.7 Å². The highest BCUT2D eigenvalue weighted by atomic mass is 35.5. The Morgan fingerprint density at radius 3 is 2.81 bits per heavy atom. The van der Waals surface area contributed by atoms with Gasteiger partial charge in [0, 0.05) is 29.4 Å². The highest BCUT2D eigenvalue weighted by Crippen LogP contribution is 2.31. The molecule has 5 nitrogen and oxygen atoms in total. The fraction of sp³-hybridized carbons (Fsp3) is 0.238. The maximum Gasteiger partial charge on any atom is 0.198 e. The first kappa shape index (κ1) is 17.8. The highest BCUT2D eigenvalue weighted by molar-refractivity contribution is 6.31. The molecule has 0 unspecified atom stereocenters. The Bertz CT molecular complexity index is 1090. The smallest absolute Gasteiger partial charge is 0.198 e. The first-order valence-electron chi connectivity index (χ1n) is 8.97. The van der Waals surface area contributed by atoms with E-state index in [4.69, 9.17) is 26.0 Å². The average Bonchev–Trinajstić information content (AvgIpc) is 3.10. The molecule has 0 amide bonds. The van der Waals surface area contributed by atoms with Gasteiger partial charge in [-0.2, -0.15) is 0 Å². The molecule has 2 heterocycles. The van der Waals surface area contributed by atoms with Crippen molar-refractivity contribution in [2.24, 2.45) is 0 Å². The number of para-hydroxylation sites is 1. The molecule has 1 N–H and O–H groups in total. The topological polar surface area (TPSA) is 54.2 Å². The molecule has 0 aliphatic carbocycles. The lowest BCUT2D eigenvalue weighted by molar-refractivity contribution is 0.625. The molecular formula is C21H21ClN4O. The second-order valence-electron chi connectivity index (χ2n) is 6.56. The molecule has 0 fully saturated rings. The van der Waals surface area contributed by atoms with Crippen LogP contribution in [0.2, 0.25) is 5.02 Å². The summed E-state index contributed by atoms with van der Waals surface area (Å²) in [7, 11) is 4.03. The Balaban J connectivity index is 1.80. The third kappa shape index (κ3) is 3.61. The normalized spacial score (nSPS) is 11.4. The van der Waals surface area contributed by atoms with Crippen LogP contribution in [-0.2, 0) is 0 Å². The number of hydrogen-bond donors (Lipinski definition) is 1. The van der Waals surface area contributed by atoms with Crippen LogP contribution in [-0.4, -0.2) is 37.2 Å². The van der Waals surface area contributed by atoms with E-state index in [-0.39, 0.29) is 0 Å². The summed E-state index contributed by atoms with van der Waals surface area (Å²) in [4.78, 5) is 11.7. The van der Waals surface area contributed by atoms with Gasteiger partial charge in [0.05, 0.1) is 5.52 Å². The SMILES string of the molecule is CNCCCN(C)c1nc(-c2cc3cc(Cl)ccc3o2)nc2ccccc12. The lowest BCUT2D eigenvalue weighted by Crippen LogP contribution is -2.23. The summed E-state index contributed by atoms with van der Waals surface area (Å²) in [6, 6.07) is 15.6. The zero-order valence-electron chi connectivity index (χ0n) is 15.4. The fourth-order valence-electron chi connectivity index (χ4n) is 3.18. The summed E-state index contributed by atoms with van der Waals surface area (Å²) in [5, 5.41) is 5.84. The van der Waals surface area contributed by atoms with Crippen molar-refractivity contribution >= 4 is 39.3 Å². The first-order chi connectivity index (χ1) is 13.2. The molecule has 27 heavy (non-hydrogen) atoms. The van der Waals surface area contributed by atoms with E-state index in [9.17, 15) is 0 Å². The molecule has 0 aliphatic heterocycles. The van der Waals surface area contributed by atoms with E-state index in [0.29, 0.717) is 16.6 Å². The molecule has 0 spiro atoms. The summed E-state index contributed by atoms with van der Waals surface area (Å²) in [5.41, 5.74) is 1.67. The summed E-state index contributed by atoms with van der Waals surface area (Å²) in [6.07, 6.45) is 1.03. The maximum absolute atomic E-state index is 6.09. The minimum absolute atomic E-state index is 0.580.